The fourth-order valence-electron chi connectivity index (χ4n) is 2.31. The molecular weight excluding hydrogens is 258 g/mol. The number of rotatable bonds is 4. The van der Waals surface area contributed by atoms with E-state index >= 15 is 0 Å². The highest BCUT2D eigenvalue weighted by Crippen LogP contribution is 2.38. The first-order valence-electron chi connectivity index (χ1n) is 6.63. The molecule has 0 aliphatic carbocycles. The third-order valence-electron chi connectivity index (χ3n) is 3.27. The maximum atomic E-state index is 5.69. The monoisotopic (exact) mass is 275 g/mol. The number of para-hydroxylation sites is 1. The zero-order valence-electron chi connectivity index (χ0n) is 10.9. The summed E-state index contributed by atoms with van der Waals surface area (Å²) in [5.74, 6) is 1.32. The number of hydrogen-bond donors (Lipinski definition) is 1. The van der Waals surface area contributed by atoms with Gasteiger partial charge >= 0.3 is 0 Å². The van der Waals surface area contributed by atoms with Gasteiger partial charge in [0.2, 0.25) is 0 Å². The van der Waals surface area contributed by atoms with Gasteiger partial charge in [0.25, 0.3) is 0 Å². The van der Waals surface area contributed by atoms with Gasteiger partial charge in [0.15, 0.2) is 0 Å². The smallest absolute Gasteiger partial charge is 0.131 e. The summed E-state index contributed by atoms with van der Waals surface area (Å²) in [6.45, 7) is 4.61. The largest absolute Gasteiger partial charge is 0.493 e. The van der Waals surface area contributed by atoms with E-state index in [9.17, 15) is 0 Å². The van der Waals surface area contributed by atoms with Crippen molar-refractivity contribution >= 4 is 11.3 Å². The average molecular weight is 275 g/mol. The minimum absolute atomic E-state index is 0.331. The van der Waals surface area contributed by atoms with Crippen molar-refractivity contribution in [1.82, 2.24) is 15.5 Å². The predicted octanol–water partition coefficient (Wildman–Crippen LogP) is 2.56. The molecule has 0 radical (unpaired) electrons. The minimum atomic E-state index is 0.331. The number of benzene rings is 1. The fraction of sp³-hybridized carbons (Fsp3) is 0.429. The highest BCUT2D eigenvalue weighted by Gasteiger charge is 2.25. The summed E-state index contributed by atoms with van der Waals surface area (Å²) < 4.78 is 5.69. The number of ether oxygens (including phenoxy) is 1. The lowest BCUT2D eigenvalue weighted by atomic mass is 9.94. The molecule has 1 N–H and O–H groups in total. The Bertz CT molecular complexity index is 555. The third kappa shape index (κ3) is 2.62. The molecule has 2 aromatic rings. The van der Waals surface area contributed by atoms with E-state index in [4.69, 9.17) is 4.74 Å². The van der Waals surface area contributed by atoms with Crippen LogP contribution in [0.2, 0.25) is 0 Å². The normalized spacial score (nSPS) is 17.8. The third-order valence-corrected chi connectivity index (χ3v) is 4.30. The van der Waals surface area contributed by atoms with Gasteiger partial charge < -0.3 is 10.1 Å². The summed E-state index contributed by atoms with van der Waals surface area (Å²) in [5, 5.41) is 14.1. The summed E-state index contributed by atoms with van der Waals surface area (Å²) in [4.78, 5) is 0. The molecule has 1 aromatic carbocycles. The lowest BCUT2D eigenvalue weighted by Gasteiger charge is -2.23. The summed E-state index contributed by atoms with van der Waals surface area (Å²) >= 11 is 1.70. The van der Waals surface area contributed by atoms with Crippen molar-refractivity contribution in [2.45, 2.75) is 25.8 Å². The lowest BCUT2D eigenvalue weighted by molar-refractivity contribution is 0.276. The zero-order valence-corrected chi connectivity index (χ0v) is 11.7. The molecule has 1 aromatic heterocycles. The molecule has 0 amide bonds. The maximum Gasteiger partial charge on any atom is 0.131 e. The molecule has 0 spiro atoms. The van der Waals surface area contributed by atoms with E-state index in [0.29, 0.717) is 5.92 Å². The maximum absolute atomic E-state index is 5.69. The van der Waals surface area contributed by atoms with E-state index in [1.54, 1.807) is 11.3 Å². The van der Waals surface area contributed by atoms with Gasteiger partial charge in [0.1, 0.15) is 15.8 Å². The summed E-state index contributed by atoms with van der Waals surface area (Å²) in [6, 6.07) is 8.23. The lowest BCUT2D eigenvalue weighted by Crippen LogP contribution is -2.14. The molecule has 0 fully saturated rings. The van der Waals surface area contributed by atoms with Crippen molar-refractivity contribution < 1.29 is 4.74 Å². The van der Waals surface area contributed by atoms with E-state index in [1.807, 2.05) is 12.1 Å². The Balaban J connectivity index is 1.85. The molecule has 100 valence electrons. The molecule has 1 unspecified atom stereocenters. The summed E-state index contributed by atoms with van der Waals surface area (Å²) in [5.41, 5.74) is 1.24. The van der Waals surface area contributed by atoms with Crippen LogP contribution < -0.4 is 10.1 Å². The van der Waals surface area contributed by atoms with Crippen LogP contribution in [0.5, 0.6) is 5.75 Å². The molecule has 0 saturated carbocycles. The average Bonchev–Trinajstić information content (AvgIpc) is 2.93. The molecule has 1 aliphatic heterocycles. The van der Waals surface area contributed by atoms with Crippen LogP contribution >= 0.6 is 11.3 Å². The summed E-state index contributed by atoms with van der Waals surface area (Å²) in [7, 11) is 0. The van der Waals surface area contributed by atoms with Crippen molar-refractivity contribution in [3.63, 3.8) is 0 Å². The van der Waals surface area contributed by atoms with Crippen molar-refractivity contribution in [3.05, 3.63) is 39.8 Å². The Hall–Kier alpha value is -1.46. The van der Waals surface area contributed by atoms with Gasteiger partial charge in [-0.1, -0.05) is 36.5 Å². The van der Waals surface area contributed by atoms with Crippen LogP contribution in [0.1, 0.15) is 34.8 Å². The molecule has 1 atom stereocenters. The number of aromatic nitrogens is 2. The molecule has 0 saturated heterocycles. The first-order valence-corrected chi connectivity index (χ1v) is 7.45. The summed E-state index contributed by atoms with van der Waals surface area (Å²) in [6.07, 6.45) is 0.979. The van der Waals surface area contributed by atoms with E-state index < -0.39 is 0 Å². The minimum Gasteiger partial charge on any atom is -0.493 e. The standard InChI is InChI=1S/C14H17N3OS/c1-2-15-9-13-16-17-14(19-13)11-7-8-18-12-6-4-3-5-10(11)12/h3-6,11,15H,2,7-9H2,1H3. The molecule has 2 heterocycles. The van der Waals surface area contributed by atoms with Gasteiger partial charge in [0.05, 0.1) is 6.61 Å². The van der Waals surface area contributed by atoms with Gasteiger partial charge in [-0.25, -0.2) is 0 Å². The zero-order chi connectivity index (χ0) is 13.1. The van der Waals surface area contributed by atoms with E-state index in [-0.39, 0.29) is 0 Å². The van der Waals surface area contributed by atoms with E-state index in [2.05, 4.69) is 34.6 Å². The predicted molar refractivity (Wildman–Crippen MR) is 75.7 cm³/mol. The SMILES string of the molecule is CCNCc1nnc(C2CCOc3ccccc32)s1. The van der Waals surface area contributed by atoms with Crippen molar-refractivity contribution in [2.75, 3.05) is 13.2 Å². The Morgan fingerprint density at radius 1 is 1.37 bits per heavy atom. The molecule has 19 heavy (non-hydrogen) atoms. The first kappa shape index (κ1) is 12.6. The van der Waals surface area contributed by atoms with Crippen LogP contribution in [-0.4, -0.2) is 23.3 Å². The van der Waals surface area contributed by atoms with Crippen LogP contribution in [0, 0.1) is 0 Å². The number of nitrogens with zero attached hydrogens (tertiary/aromatic N) is 2. The highest BCUT2D eigenvalue weighted by atomic mass is 32.1. The van der Waals surface area contributed by atoms with Gasteiger partial charge in [-0.15, -0.1) is 10.2 Å². The van der Waals surface area contributed by atoms with Crippen LogP contribution in [-0.2, 0) is 6.54 Å². The Morgan fingerprint density at radius 3 is 3.16 bits per heavy atom. The second kappa shape index (κ2) is 5.67. The molecule has 5 heteroatoms. The van der Waals surface area contributed by atoms with Gasteiger partial charge in [-0.3, -0.25) is 0 Å². The molecule has 1 aliphatic rings. The second-order valence-corrected chi connectivity index (χ2v) is 5.64. The van der Waals surface area contributed by atoms with Gasteiger partial charge in [-0.05, 0) is 19.0 Å². The van der Waals surface area contributed by atoms with Gasteiger partial charge in [0, 0.05) is 18.0 Å². The molecular formula is C14H17N3OS. The van der Waals surface area contributed by atoms with Crippen LogP contribution in [0.25, 0.3) is 0 Å². The Morgan fingerprint density at radius 2 is 2.26 bits per heavy atom. The highest BCUT2D eigenvalue weighted by molar-refractivity contribution is 7.11. The Kier molecular flexibility index (Phi) is 3.75. The topological polar surface area (TPSA) is 47.0 Å². The number of hydrogen-bond acceptors (Lipinski definition) is 5. The molecule has 0 bridgehead atoms. The Labute approximate surface area is 116 Å². The quantitative estimate of drug-likeness (QED) is 0.931. The van der Waals surface area contributed by atoms with Crippen molar-refractivity contribution in [1.29, 1.82) is 0 Å². The van der Waals surface area contributed by atoms with E-state index in [1.165, 1.54) is 5.56 Å². The van der Waals surface area contributed by atoms with Crippen molar-refractivity contribution in [3.8, 4) is 5.75 Å². The number of nitrogens with one attached hydrogen (secondary N) is 1. The van der Waals surface area contributed by atoms with Gasteiger partial charge in [-0.2, -0.15) is 0 Å². The van der Waals surface area contributed by atoms with E-state index in [0.717, 1.165) is 41.9 Å². The first-order chi connectivity index (χ1) is 9.38. The molecule has 4 nitrogen and oxygen atoms in total. The van der Waals surface area contributed by atoms with Crippen molar-refractivity contribution in [2.24, 2.45) is 0 Å². The van der Waals surface area contributed by atoms with Crippen LogP contribution in [0.4, 0.5) is 0 Å². The fourth-order valence-corrected chi connectivity index (χ4v) is 3.28. The molecule has 3 rings (SSSR count). The second-order valence-electron chi connectivity index (χ2n) is 4.54. The van der Waals surface area contributed by atoms with Crippen LogP contribution in [0.15, 0.2) is 24.3 Å². The van der Waals surface area contributed by atoms with Crippen LogP contribution in [0.3, 0.4) is 0 Å². The number of fused-ring (bicyclic) bond motifs is 1.